The summed E-state index contributed by atoms with van der Waals surface area (Å²) in [5.74, 6) is -0.0903. The van der Waals surface area contributed by atoms with Crippen molar-refractivity contribution in [3.05, 3.63) is 57.6 Å². The van der Waals surface area contributed by atoms with Crippen molar-refractivity contribution >= 4 is 29.2 Å². The number of aryl methyl sites for hydroxylation is 1. The zero-order chi connectivity index (χ0) is 19.8. The van der Waals surface area contributed by atoms with E-state index in [-0.39, 0.29) is 23.9 Å². The fourth-order valence-electron chi connectivity index (χ4n) is 3.40. The van der Waals surface area contributed by atoms with Gasteiger partial charge in [0.2, 0.25) is 0 Å². The molecule has 2 N–H and O–H groups in total. The second-order valence-corrected chi connectivity index (χ2v) is 7.01. The standard InChI is InChI=1S/C20H19N3O5/c1-11-8-15(12-4-2-5-12)28-19(26)17(11)18(25)22-13-6-3-7-14(9-13)23-16(24)10-21-20(23)27/h3,6-9,12H,2,4-5,10H2,1H3,(H,21,27)(H,22,25). The predicted molar refractivity (Wildman–Crippen MR) is 102 cm³/mol. The summed E-state index contributed by atoms with van der Waals surface area (Å²) < 4.78 is 5.36. The van der Waals surface area contributed by atoms with Crippen LogP contribution in [0.3, 0.4) is 0 Å². The number of carbonyl (C=O) groups excluding carboxylic acids is 3. The molecule has 1 aromatic carbocycles. The summed E-state index contributed by atoms with van der Waals surface area (Å²) in [7, 11) is 0. The molecule has 0 spiro atoms. The van der Waals surface area contributed by atoms with Crippen LogP contribution in [0.4, 0.5) is 16.2 Å². The van der Waals surface area contributed by atoms with Gasteiger partial charge in [-0.25, -0.2) is 14.5 Å². The molecule has 0 unspecified atom stereocenters. The largest absolute Gasteiger partial charge is 0.427 e. The molecule has 2 aromatic rings. The number of amides is 4. The first-order valence-electron chi connectivity index (χ1n) is 9.11. The third kappa shape index (κ3) is 3.17. The van der Waals surface area contributed by atoms with Gasteiger partial charge in [0.05, 0.1) is 12.2 Å². The van der Waals surface area contributed by atoms with Gasteiger partial charge in [0, 0.05) is 11.6 Å². The monoisotopic (exact) mass is 381 g/mol. The van der Waals surface area contributed by atoms with Crippen LogP contribution in [0.1, 0.15) is 46.9 Å². The van der Waals surface area contributed by atoms with Crippen LogP contribution in [0.15, 0.2) is 39.5 Å². The zero-order valence-corrected chi connectivity index (χ0v) is 15.3. The summed E-state index contributed by atoms with van der Waals surface area (Å²) in [5.41, 5.74) is 0.535. The van der Waals surface area contributed by atoms with Crippen molar-refractivity contribution in [2.24, 2.45) is 0 Å². The Kier molecular flexibility index (Phi) is 4.46. The van der Waals surface area contributed by atoms with E-state index in [1.54, 1.807) is 31.2 Å². The van der Waals surface area contributed by atoms with Gasteiger partial charge in [-0.2, -0.15) is 0 Å². The molecule has 1 aliphatic carbocycles. The second kappa shape index (κ2) is 6.95. The molecule has 8 nitrogen and oxygen atoms in total. The van der Waals surface area contributed by atoms with Crippen molar-refractivity contribution in [3.8, 4) is 0 Å². The highest BCUT2D eigenvalue weighted by atomic mass is 16.4. The molecule has 0 radical (unpaired) electrons. The Morgan fingerprint density at radius 2 is 2.00 bits per heavy atom. The molecule has 2 aliphatic rings. The Hall–Kier alpha value is -3.42. The van der Waals surface area contributed by atoms with Gasteiger partial charge in [0.25, 0.3) is 11.8 Å². The average Bonchev–Trinajstić information content (AvgIpc) is 2.91. The number of carbonyl (C=O) groups is 3. The first-order chi connectivity index (χ1) is 13.4. The lowest BCUT2D eigenvalue weighted by atomic mass is 9.83. The molecule has 1 aliphatic heterocycles. The van der Waals surface area contributed by atoms with Crippen molar-refractivity contribution < 1.29 is 18.8 Å². The fraction of sp³-hybridized carbons (Fsp3) is 0.300. The SMILES string of the molecule is Cc1cc(C2CCC2)oc(=O)c1C(=O)Nc1cccc(N2C(=O)CNC2=O)c1. The van der Waals surface area contributed by atoms with Crippen LogP contribution in [0.5, 0.6) is 0 Å². The predicted octanol–water partition coefficient (Wildman–Crippen LogP) is 2.52. The molecule has 28 heavy (non-hydrogen) atoms. The normalized spacial score (nSPS) is 16.7. The highest BCUT2D eigenvalue weighted by Crippen LogP contribution is 2.36. The molecule has 1 saturated heterocycles. The molecule has 1 saturated carbocycles. The third-order valence-corrected chi connectivity index (χ3v) is 5.11. The second-order valence-electron chi connectivity index (χ2n) is 7.01. The van der Waals surface area contributed by atoms with Crippen LogP contribution in [0.2, 0.25) is 0 Å². The smallest absolute Gasteiger partial charge is 0.349 e. The van der Waals surface area contributed by atoms with Crippen LogP contribution >= 0.6 is 0 Å². The Morgan fingerprint density at radius 3 is 2.61 bits per heavy atom. The first kappa shape index (κ1) is 18.0. The van der Waals surface area contributed by atoms with Gasteiger partial charge >= 0.3 is 11.7 Å². The van der Waals surface area contributed by atoms with E-state index in [0.29, 0.717) is 22.7 Å². The Bertz CT molecular complexity index is 1020. The van der Waals surface area contributed by atoms with E-state index in [1.807, 2.05) is 0 Å². The molecule has 4 rings (SSSR count). The summed E-state index contributed by atoms with van der Waals surface area (Å²) in [6.07, 6.45) is 3.09. The highest BCUT2D eigenvalue weighted by molar-refractivity contribution is 6.20. The van der Waals surface area contributed by atoms with Crippen molar-refractivity contribution in [2.75, 3.05) is 16.8 Å². The molecule has 1 aromatic heterocycles. The maximum atomic E-state index is 12.7. The van der Waals surface area contributed by atoms with Crippen LogP contribution in [0.25, 0.3) is 0 Å². The molecule has 2 heterocycles. The number of nitrogens with one attached hydrogen (secondary N) is 2. The number of rotatable bonds is 4. The van der Waals surface area contributed by atoms with Gasteiger partial charge in [0.1, 0.15) is 11.3 Å². The first-order valence-corrected chi connectivity index (χ1v) is 9.11. The van der Waals surface area contributed by atoms with Crippen LogP contribution in [-0.2, 0) is 4.79 Å². The van der Waals surface area contributed by atoms with Gasteiger partial charge in [-0.15, -0.1) is 0 Å². The van der Waals surface area contributed by atoms with E-state index in [2.05, 4.69) is 10.6 Å². The molecule has 0 atom stereocenters. The topological polar surface area (TPSA) is 109 Å². The summed E-state index contributed by atoms with van der Waals surface area (Å²) in [6, 6.07) is 7.55. The van der Waals surface area contributed by atoms with E-state index in [0.717, 1.165) is 24.2 Å². The maximum absolute atomic E-state index is 12.7. The average molecular weight is 381 g/mol. The zero-order valence-electron chi connectivity index (χ0n) is 15.3. The molecular formula is C20H19N3O5. The van der Waals surface area contributed by atoms with Crippen molar-refractivity contribution in [3.63, 3.8) is 0 Å². The minimum absolute atomic E-state index is 0.0523. The van der Waals surface area contributed by atoms with E-state index >= 15 is 0 Å². The van der Waals surface area contributed by atoms with Crippen LogP contribution in [-0.4, -0.2) is 24.4 Å². The number of benzene rings is 1. The number of hydrogen-bond acceptors (Lipinski definition) is 5. The summed E-state index contributed by atoms with van der Waals surface area (Å²) >= 11 is 0. The molecule has 8 heteroatoms. The van der Waals surface area contributed by atoms with E-state index in [1.165, 1.54) is 6.07 Å². The Balaban J connectivity index is 1.57. The fourth-order valence-corrected chi connectivity index (χ4v) is 3.40. The van der Waals surface area contributed by atoms with Gasteiger partial charge < -0.3 is 15.1 Å². The number of hydrogen-bond donors (Lipinski definition) is 2. The minimum Gasteiger partial charge on any atom is -0.427 e. The third-order valence-electron chi connectivity index (χ3n) is 5.11. The lowest BCUT2D eigenvalue weighted by Gasteiger charge is -2.24. The quantitative estimate of drug-likeness (QED) is 0.791. The lowest BCUT2D eigenvalue weighted by molar-refractivity contribution is -0.115. The van der Waals surface area contributed by atoms with Gasteiger partial charge in [0.15, 0.2) is 0 Å². The van der Waals surface area contributed by atoms with Gasteiger partial charge in [-0.3, -0.25) is 9.59 Å². The molecular weight excluding hydrogens is 362 g/mol. The molecule has 0 bridgehead atoms. The molecule has 144 valence electrons. The maximum Gasteiger partial charge on any atom is 0.349 e. The minimum atomic E-state index is -0.662. The number of nitrogens with zero attached hydrogens (tertiary/aromatic N) is 1. The van der Waals surface area contributed by atoms with Gasteiger partial charge in [-0.1, -0.05) is 12.5 Å². The van der Waals surface area contributed by atoms with Crippen molar-refractivity contribution in [1.29, 1.82) is 0 Å². The summed E-state index contributed by atoms with van der Waals surface area (Å²) in [6.45, 7) is 1.64. The van der Waals surface area contributed by atoms with Crippen LogP contribution < -0.4 is 21.2 Å². The highest BCUT2D eigenvalue weighted by Gasteiger charge is 2.30. The Labute approximate surface area is 160 Å². The van der Waals surface area contributed by atoms with Crippen molar-refractivity contribution in [2.45, 2.75) is 32.1 Å². The summed E-state index contributed by atoms with van der Waals surface area (Å²) in [4.78, 5) is 49.7. The number of urea groups is 1. The van der Waals surface area contributed by atoms with Crippen LogP contribution in [0, 0.1) is 6.92 Å². The van der Waals surface area contributed by atoms with E-state index in [4.69, 9.17) is 4.42 Å². The molecule has 4 amide bonds. The number of imide groups is 1. The molecule has 2 fully saturated rings. The Morgan fingerprint density at radius 1 is 1.21 bits per heavy atom. The summed E-state index contributed by atoms with van der Waals surface area (Å²) in [5, 5.41) is 5.08. The number of anilines is 2. The van der Waals surface area contributed by atoms with E-state index < -0.39 is 17.6 Å². The lowest BCUT2D eigenvalue weighted by Crippen LogP contribution is -2.30. The van der Waals surface area contributed by atoms with Crippen molar-refractivity contribution in [1.82, 2.24) is 5.32 Å². The van der Waals surface area contributed by atoms with E-state index in [9.17, 15) is 19.2 Å². The van der Waals surface area contributed by atoms with Gasteiger partial charge in [-0.05, 0) is 49.6 Å².